The molecule has 1 aromatic carbocycles. The minimum atomic E-state index is -0.338. The van der Waals surface area contributed by atoms with E-state index in [1.54, 1.807) is 29.7 Å². The molecular formula is C16H21FN2O3. The Morgan fingerprint density at radius 2 is 1.86 bits per heavy atom. The Morgan fingerprint density at radius 1 is 1.18 bits per heavy atom. The maximum Gasteiger partial charge on any atom is 0.409 e. The normalized spacial score (nSPS) is 15.4. The molecule has 1 aliphatic heterocycles. The Kier molecular flexibility index (Phi) is 5.35. The Morgan fingerprint density at radius 3 is 2.55 bits per heavy atom. The van der Waals surface area contributed by atoms with Crippen molar-refractivity contribution in [3.8, 4) is 0 Å². The molecule has 6 heteroatoms. The zero-order chi connectivity index (χ0) is 16.1. The van der Waals surface area contributed by atoms with Crippen LogP contribution in [0.5, 0.6) is 0 Å². The van der Waals surface area contributed by atoms with Gasteiger partial charge in [0.2, 0.25) is 0 Å². The maximum absolute atomic E-state index is 13.3. The first kappa shape index (κ1) is 16.3. The van der Waals surface area contributed by atoms with Crippen LogP contribution in [0.1, 0.15) is 29.3 Å². The highest BCUT2D eigenvalue weighted by Gasteiger charge is 2.23. The topological polar surface area (TPSA) is 49.9 Å². The van der Waals surface area contributed by atoms with Gasteiger partial charge in [0.15, 0.2) is 0 Å². The second kappa shape index (κ2) is 7.24. The summed E-state index contributed by atoms with van der Waals surface area (Å²) in [6.45, 7) is 5.79. The van der Waals surface area contributed by atoms with E-state index in [1.165, 1.54) is 12.1 Å². The van der Waals surface area contributed by atoms with Crippen molar-refractivity contribution in [3.63, 3.8) is 0 Å². The molecule has 0 atom stereocenters. The summed E-state index contributed by atoms with van der Waals surface area (Å²) in [5.74, 6) is -0.449. The van der Waals surface area contributed by atoms with E-state index in [-0.39, 0.29) is 17.8 Å². The van der Waals surface area contributed by atoms with Crippen LogP contribution in [-0.2, 0) is 4.74 Å². The summed E-state index contributed by atoms with van der Waals surface area (Å²) in [7, 11) is 0. The molecule has 0 unspecified atom stereocenters. The summed E-state index contributed by atoms with van der Waals surface area (Å²) in [4.78, 5) is 27.5. The number of hydrogen-bond donors (Lipinski definition) is 0. The molecule has 2 amide bonds. The molecule has 22 heavy (non-hydrogen) atoms. The van der Waals surface area contributed by atoms with Crippen molar-refractivity contribution in [2.45, 2.75) is 20.3 Å². The summed E-state index contributed by atoms with van der Waals surface area (Å²) in [5, 5.41) is 0. The Bertz CT molecular complexity index is 562. The van der Waals surface area contributed by atoms with E-state index in [2.05, 4.69) is 0 Å². The minimum Gasteiger partial charge on any atom is -0.450 e. The third-order valence-electron chi connectivity index (χ3n) is 3.71. The van der Waals surface area contributed by atoms with Crippen LogP contribution < -0.4 is 0 Å². The van der Waals surface area contributed by atoms with Crippen molar-refractivity contribution in [1.82, 2.24) is 9.80 Å². The number of nitrogens with zero attached hydrogens (tertiary/aromatic N) is 2. The number of ether oxygens (including phenoxy) is 1. The molecule has 120 valence electrons. The molecule has 1 aliphatic rings. The lowest BCUT2D eigenvalue weighted by Gasteiger charge is -2.22. The lowest BCUT2D eigenvalue weighted by Crippen LogP contribution is -2.37. The third-order valence-corrected chi connectivity index (χ3v) is 3.71. The van der Waals surface area contributed by atoms with Crippen molar-refractivity contribution >= 4 is 12.0 Å². The Labute approximate surface area is 129 Å². The quantitative estimate of drug-likeness (QED) is 0.843. The number of amides is 2. The number of hydrogen-bond acceptors (Lipinski definition) is 3. The molecule has 1 aromatic rings. The summed E-state index contributed by atoms with van der Waals surface area (Å²) in [5.41, 5.74) is 0.928. The molecule has 0 aromatic heterocycles. The molecule has 1 saturated heterocycles. The van der Waals surface area contributed by atoms with Crippen molar-refractivity contribution in [1.29, 1.82) is 0 Å². The van der Waals surface area contributed by atoms with Gasteiger partial charge in [-0.05, 0) is 44.0 Å². The fourth-order valence-corrected chi connectivity index (χ4v) is 2.48. The summed E-state index contributed by atoms with van der Waals surface area (Å²) < 4.78 is 18.3. The Hall–Kier alpha value is -2.11. The number of benzene rings is 1. The monoisotopic (exact) mass is 308 g/mol. The van der Waals surface area contributed by atoms with Gasteiger partial charge < -0.3 is 14.5 Å². The number of carbonyl (C=O) groups excluding carboxylic acids is 2. The van der Waals surface area contributed by atoms with E-state index >= 15 is 0 Å². The molecule has 1 fully saturated rings. The summed E-state index contributed by atoms with van der Waals surface area (Å²) >= 11 is 0. The largest absolute Gasteiger partial charge is 0.450 e. The van der Waals surface area contributed by atoms with Crippen LogP contribution in [0.25, 0.3) is 0 Å². The second-order valence-corrected chi connectivity index (χ2v) is 5.30. The van der Waals surface area contributed by atoms with E-state index in [0.29, 0.717) is 50.3 Å². The molecule has 0 N–H and O–H groups in total. The second-order valence-electron chi connectivity index (χ2n) is 5.30. The van der Waals surface area contributed by atoms with Gasteiger partial charge in [0.1, 0.15) is 5.82 Å². The lowest BCUT2D eigenvalue weighted by atomic mass is 10.1. The number of carbonyl (C=O) groups is 2. The fraction of sp³-hybridized carbons (Fsp3) is 0.500. The van der Waals surface area contributed by atoms with Gasteiger partial charge in [0.05, 0.1) is 6.61 Å². The smallest absolute Gasteiger partial charge is 0.409 e. The van der Waals surface area contributed by atoms with Crippen molar-refractivity contribution in [2.75, 3.05) is 32.8 Å². The van der Waals surface area contributed by atoms with Gasteiger partial charge in [0.25, 0.3) is 5.91 Å². The van der Waals surface area contributed by atoms with E-state index < -0.39 is 0 Å². The molecular weight excluding hydrogens is 287 g/mol. The highest BCUT2D eigenvalue weighted by Crippen LogP contribution is 2.13. The Balaban J connectivity index is 2.02. The molecule has 0 spiro atoms. The zero-order valence-electron chi connectivity index (χ0n) is 13.0. The summed E-state index contributed by atoms with van der Waals surface area (Å²) in [6, 6.07) is 4.37. The van der Waals surface area contributed by atoms with Gasteiger partial charge in [0, 0.05) is 31.7 Å². The first-order chi connectivity index (χ1) is 10.5. The van der Waals surface area contributed by atoms with Gasteiger partial charge in [-0.3, -0.25) is 4.79 Å². The van der Waals surface area contributed by atoms with E-state index in [4.69, 9.17) is 4.74 Å². The fourth-order valence-electron chi connectivity index (χ4n) is 2.48. The first-order valence-corrected chi connectivity index (χ1v) is 7.50. The molecule has 1 heterocycles. The van der Waals surface area contributed by atoms with Crippen LogP contribution in [-0.4, -0.2) is 54.6 Å². The van der Waals surface area contributed by atoms with Crippen LogP contribution in [0.15, 0.2) is 18.2 Å². The average molecular weight is 308 g/mol. The molecule has 5 nitrogen and oxygen atoms in total. The molecule has 0 aliphatic carbocycles. The zero-order valence-corrected chi connectivity index (χ0v) is 13.0. The highest BCUT2D eigenvalue weighted by molar-refractivity contribution is 5.94. The van der Waals surface area contributed by atoms with Gasteiger partial charge >= 0.3 is 6.09 Å². The van der Waals surface area contributed by atoms with Gasteiger partial charge in [-0.25, -0.2) is 9.18 Å². The maximum atomic E-state index is 13.3. The van der Waals surface area contributed by atoms with Gasteiger partial charge in [-0.2, -0.15) is 0 Å². The molecule has 0 radical (unpaired) electrons. The average Bonchev–Trinajstić information content (AvgIpc) is 2.75. The predicted octanol–water partition coefficient (Wildman–Crippen LogP) is 2.44. The van der Waals surface area contributed by atoms with Crippen molar-refractivity contribution in [3.05, 3.63) is 35.1 Å². The minimum absolute atomic E-state index is 0.131. The summed E-state index contributed by atoms with van der Waals surface area (Å²) in [6.07, 6.45) is 0.361. The van der Waals surface area contributed by atoms with Gasteiger partial charge in [-0.1, -0.05) is 0 Å². The van der Waals surface area contributed by atoms with E-state index in [0.717, 1.165) is 0 Å². The van der Waals surface area contributed by atoms with E-state index in [1.807, 2.05) is 0 Å². The highest BCUT2D eigenvalue weighted by atomic mass is 19.1. The number of halogens is 1. The van der Waals surface area contributed by atoms with Gasteiger partial charge in [-0.15, -0.1) is 0 Å². The number of rotatable bonds is 2. The van der Waals surface area contributed by atoms with Crippen molar-refractivity contribution < 1.29 is 18.7 Å². The third kappa shape index (κ3) is 3.75. The predicted molar refractivity (Wildman–Crippen MR) is 80.3 cm³/mol. The SMILES string of the molecule is CCOC(=O)N1CCCN(C(=O)c2ccc(F)c(C)c2)CC1. The van der Waals surface area contributed by atoms with Crippen LogP contribution in [0.2, 0.25) is 0 Å². The molecule has 0 bridgehead atoms. The van der Waals surface area contributed by atoms with Crippen LogP contribution in [0.4, 0.5) is 9.18 Å². The first-order valence-electron chi connectivity index (χ1n) is 7.50. The molecule has 2 rings (SSSR count). The van der Waals surface area contributed by atoms with Crippen LogP contribution in [0.3, 0.4) is 0 Å². The number of aryl methyl sites for hydroxylation is 1. The standard InChI is InChI=1S/C16H21FN2O3/c1-3-22-16(21)19-8-4-7-18(9-10-19)15(20)13-5-6-14(17)12(2)11-13/h5-6,11H,3-4,7-10H2,1-2H3. The van der Waals surface area contributed by atoms with Crippen molar-refractivity contribution in [2.24, 2.45) is 0 Å². The molecule has 0 saturated carbocycles. The van der Waals surface area contributed by atoms with Crippen LogP contribution in [0, 0.1) is 12.7 Å². The van der Waals surface area contributed by atoms with Crippen LogP contribution >= 0.6 is 0 Å². The van der Waals surface area contributed by atoms with E-state index in [9.17, 15) is 14.0 Å². The lowest BCUT2D eigenvalue weighted by molar-refractivity contribution is 0.0753.